The number of rotatable bonds is 9. The second-order valence-electron chi connectivity index (χ2n) is 8.35. The van der Waals surface area contributed by atoms with Crippen molar-refractivity contribution in [3.8, 4) is 11.7 Å². The zero-order valence-corrected chi connectivity index (χ0v) is 20.2. The first-order valence-corrected chi connectivity index (χ1v) is 11.5. The first-order valence-electron chi connectivity index (χ1n) is 11.1. The molecule has 4 rings (SSSR count). The number of aryl methyl sites for hydroxylation is 2. The minimum Gasteiger partial charge on any atom is -0.465 e. The summed E-state index contributed by atoms with van der Waals surface area (Å²) in [6, 6.07) is 4.64. The SMILES string of the molecule is Cc1cc(Nc2nc(Cl)cn(-c3ncccc3N(CCC3CC3)C(=O)O)c2=O)c(C)nc1OC(F)F. The Morgan fingerprint density at radius 2 is 2.11 bits per heavy atom. The van der Waals surface area contributed by atoms with Crippen molar-refractivity contribution >= 4 is 34.9 Å². The molecule has 0 unspecified atom stereocenters. The molecular weight excluding hydrogens is 498 g/mol. The van der Waals surface area contributed by atoms with Gasteiger partial charge in [-0.1, -0.05) is 24.4 Å². The molecule has 0 aliphatic heterocycles. The van der Waals surface area contributed by atoms with Gasteiger partial charge in [0.1, 0.15) is 5.15 Å². The molecule has 1 aliphatic rings. The fourth-order valence-corrected chi connectivity index (χ4v) is 3.85. The molecule has 0 spiro atoms. The molecule has 0 radical (unpaired) electrons. The van der Waals surface area contributed by atoms with Gasteiger partial charge in [-0.25, -0.2) is 19.7 Å². The van der Waals surface area contributed by atoms with Crippen molar-refractivity contribution < 1.29 is 23.4 Å². The summed E-state index contributed by atoms with van der Waals surface area (Å²) in [5, 5.41) is 12.6. The van der Waals surface area contributed by atoms with Crippen LogP contribution in [0, 0.1) is 19.8 Å². The van der Waals surface area contributed by atoms with Crippen molar-refractivity contribution in [1.82, 2.24) is 19.5 Å². The van der Waals surface area contributed by atoms with Gasteiger partial charge >= 0.3 is 12.7 Å². The minimum atomic E-state index is -3.03. The Kier molecular flexibility index (Phi) is 7.34. The average Bonchev–Trinajstić information content (AvgIpc) is 3.64. The largest absolute Gasteiger partial charge is 0.465 e. The Balaban J connectivity index is 1.72. The molecule has 1 saturated carbocycles. The molecule has 36 heavy (non-hydrogen) atoms. The molecule has 0 aromatic carbocycles. The zero-order chi connectivity index (χ0) is 26.0. The number of hydrogen-bond acceptors (Lipinski definition) is 7. The van der Waals surface area contributed by atoms with Crippen molar-refractivity contribution in [2.24, 2.45) is 5.92 Å². The van der Waals surface area contributed by atoms with Crippen LogP contribution in [-0.4, -0.2) is 43.9 Å². The molecule has 13 heteroatoms. The van der Waals surface area contributed by atoms with Gasteiger partial charge in [0, 0.05) is 18.3 Å². The molecule has 0 atom stereocenters. The first kappa shape index (κ1) is 25.3. The fourth-order valence-electron chi connectivity index (χ4n) is 3.66. The number of hydrogen-bond donors (Lipinski definition) is 2. The van der Waals surface area contributed by atoms with E-state index in [1.165, 1.54) is 25.4 Å². The van der Waals surface area contributed by atoms with Crippen molar-refractivity contribution in [1.29, 1.82) is 0 Å². The van der Waals surface area contributed by atoms with Gasteiger partial charge in [-0.2, -0.15) is 8.78 Å². The van der Waals surface area contributed by atoms with E-state index in [0.717, 1.165) is 22.3 Å². The third-order valence-corrected chi connectivity index (χ3v) is 5.84. The molecule has 3 aromatic heterocycles. The molecule has 1 amide bonds. The molecular formula is C23H23ClF2N6O4. The number of halogens is 3. The lowest BCUT2D eigenvalue weighted by Crippen LogP contribution is -2.33. The average molecular weight is 521 g/mol. The standard InChI is InChI=1S/C23H23ClF2N6O4/c1-12-10-15(13(2)28-20(12)36-22(25)26)29-18-21(33)32(11-17(24)30-18)19-16(4-3-8-27-19)31(23(34)35)9-7-14-5-6-14/h3-4,8,10-11,14,22H,5-7,9H2,1-2H3,(H,29,30)(H,34,35). The van der Waals surface area contributed by atoms with Gasteiger partial charge in [-0.05, 0) is 44.4 Å². The van der Waals surface area contributed by atoms with Crippen LogP contribution in [0.15, 0.2) is 35.4 Å². The van der Waals surface area contributed by atoms with E-state index < -0.39 is 18.3 Å². The van der Waals surface area contributed by atoms with Crippen molar-refractivity contribution in [3.05, 3.63) is 57.4 Å². The summed E-state index contributed by atoms with van der Waals surface area (Å²) in [5.74, 6) is 0.145. The highest BCUT2D eigenvalue weighted by atomic mass is 35.5. The molecule has 0 bridgehead atoms. The Morgan fingerprint density at radius 1 is 1.36 bits per heavy atom. The number of alkyl halides is 2. The summed E-state index contributed by atoms with van der Waals surface area (Å²) >= 11 is 6.21. The number of nitrogens with zero attached hydrogens (tertiary/aromatic N) is 5. The van der Waals surface area contributed by atoms with Crippen LogP contribution in [0.1, 0.15) is 30.5 Å². The van der Waals surface area contributed by atoms with E-state index in [1.54, 1.807) is 19.1 Å². The van der Waals surface area contributed by atoms with E-state index in [2.05, 4.69) is 25.0 Å². The number of carbonyl (C=O) groups is 1. The second-order valence-corrected chi connectivity index (χ2v) is 8.73. The predicted molar refractivity (Wildman–Crippen MR) is 129 cm³/mol. The van der Waals surface area contributed by atoms with Crippen LogP contribution in [0.5, 0.6) is 5.88 Å². The van der Waals surface area contributed by atoms with Crippen LogP contribution in [0.3, 0.4) is 0 Å². The van der Waals surface area contributed by atoms with Crippen LogP contribution in [-0.2, 0) is 0 Å². The molecule has 2 N–H and O–H groups in total. The molecule has 0 saturated heterocycles. The van der Waals surface area contributed by atoms with Gasteiger partial charge in [0.2, 0.25) is 5.88 Å². The second kappa shape index (κ2) is 10.4. The van der Waals surface area contributed by atoms with Crippen LogP contribution in [0.4, 0.5) is 30.8 Å². The summed E-state index contributed by atoms with van der Waals surface area (Å²) in [4.78, 5) is 38.9. The van der Waals surface area contributed by atoms with E-state index in [9.17, 15) is 23.5 Å². The third-order valence-electron chi connectivity index (χ3n) is 5.66. The highest BCUT2D eigenvalue weighted by Crippen LogP contribution is 2.33. The van der Waals surface area contributed by atoms with Crippen LogP contribution < -0.4 is 20.5 Å². The van der Waals surface area contributed by atoms with E-state index in [0.29, 0.717) is 23.6 Å². The van der Waals surface area contributed by atoms with Gasteiger partial charge in [-0.3, -0.25) is 14.3 Å². The van der Waals surface area contributed by atoms with Gasteiger partial charge < -0.3 is 15.2 Å². The molecule has 10 nitrogen and oxygen atoms in total. The monoisotopic (exact) mass is 520 g/mol. The number of nitrogens with one attached hydrogen (secondary N) is 1. The highest BCUT2D eigenvalue weighted by molar-refractivity contribution is 6.29. The Morgan fingerprint density at radius 3 is 2.78 bits per heavy atom. The smallest absolute Gasteiger partial charge is 0.411 e. The third kappa shape index (κ3) is 5.70. The van der Waals surface area contributed by atoms with Crippen molar-refractivity contribution in [2.75, 3.05) is 16.8 Å². The number of amides is 1. The van der Waals surface area contributed by atoms with E-state index in [1.807, 2.05) is 0 Å². The van der Waals surface area contributed by atoms with Crippen LogP contribution in [0.2, 0.25) is 5.15 Å². The molecule has 190 valence electrons. The van der Waals surface area contributed by atoms with E-state index >= 15 is 0 Å². The maximum atomic E-state index is 13.4. The number of pyridine rings is 2. The molecule has 3 aromatic rings. The number of aromatic nitrogens is 4. The van der Waals surface area contributed by atoms with Gasteiger partial charge in [-0.15, -0.1) is 0 Å². The quantitative estimate of drug-likeness (QED) is 0.407. The Bertz CT molecular complexity index is 1350. The molecule has 1 fully saturated rings. The minimum absolute atomic E-state index is 0.0615. The maximum absolute atomic E-state index is 13.4. The van der Waals surface area contributed by atoms with Crippen LogP contribution >= 0.6 is 11.6 Å². The van der Waals surface area contributed by atoms with Crippen LogP contribution in [0.25, 0.3) is 5.82 Å². The van der Waals surface area contributed by atoms with Crippen molar-refractivity contribution in [3.63, 3.8) is 0 Å². The molecule has 3 heterocycles. The fraction of sp³-hybridized carbons (Fsp3) is 0.348. The maximum Gasteiger partial charge on any atom is 0.411 e. The van der Waals surface area contributed by atoms with E-state index in [4.69, 9.17) is 11.6 Å². The summed E-state index contributed by atoms with van der Waals surface area (Å²) in [7, 11) is 0. The summed E-state index contributed by atoms with van der Waals surface area (Å²) in [5.41, 5.74) is 0.482. The molecule has 1 aliphatic carbocycles. The lowest BCUT2D eigenvalue weighted by molar-refractivity contribution is -0.0533. The van der Waals surface area contributed by atoms with Gasteiger partial charge in [0.15, 0.2) is 11.6 Å². The predicted octanol–water partition coefficient (Wildman–Crippen LogP) is 4.92. The lowest BCUT2D eigenvalue weighted by Gasteiger charge is -2.22. The topological polar surface area (TPSA) is 122 Å². The first-order chi connectivity index (χ1) is 17.1. The Hall–Kier alpha value is -3.80. The highest BCUT2D eigenvalue weighted by Gasteiger charge is 2.26. The zero-order valence-electron chi connectivity index (χ0n) is 19.4. The normalized spacial score (nSPS) is 13.1. The number of carboxylic acid groups (broad SMARTS) is 1. The van der Waals surface area contributed by atoms with Gasteiger partial charge in [0.05, 0.1) is 23.3 Å². The summed E-state index contributed by atoms with van der Waals surface area (Å²) < 4.78 is 30.8. The summed E-state index contributed by atoms with van der Waals surface area (Å²) in [6.07, 6.45) is 4.37. The lowest BCUT2D eigenvalue weighted by atomic mass is 10.2. The number of anilines is 3. The van der Waals surface area contributed by atoms with E-state index in [-0.39, 0.29) is 40.6 Å². The Labute approximate surface area is 209 Å². The van der Waals surface area contributed by atoms with Crippen molar-refractivity contribution in [2.45, 2.75) is 39.7 Å². The number of ether oxygens (including phenoxy) is 1. The van der Waals surface area contributed by atoms with Gasteiger partial charge in [0.25, 0.3) is 5.56 Å². The summed E-state index contributed by atoms with van der Waals surface area (Å²) in [6.45, 7) is 0.305.